The third-order valence-electron chi connectivity index (χ3n) is 5.41. The van der Waals surface area contributed by atoms with Crippen molar-refractivity contribution in [2.45, 2.75) is 9.74 Å². The van der Waals surface area contributed by atoms with Gasteiger partial charge in [-0.2, -0.15) is 0 Å². The van der Waals surface area contributed by atoms with E-state index in [1.165, 1.54) is 11.8 Å². The van der Waals surface area contributed by atoms with Crippen LogP contribution in [0.5, 0.6) is 0 Å². The summed E-state index contributed by atoms with van der Waals surface area (Å²) in [6.45, 7) is 0. The molecule has 2 unspecified atom stereocenters. The van der Waals surface area contributed by atoms with Crippen LogP contribution in [0.2, 0.25) is 0 Å². The van der Waals surface area contributed by atoms with Gasteiger partial charge in [-0.1, -0.05) is 96.7 Å². The molecule has 0 fully saturated rings. The second-order valence-corrected chi connectivity index (χ2v) is 9.04. The number of hydrogen-bond donors (Lipinski definition) is 4. The molecule has 2 atom stereocenters. The number of anilines is 2. The van der Waals surface area contributed by atoms with Gasteiger partial charge in [0.2, 0.25) is 0 Å². The van der Waals surface area contributed by atoms with E-state index in [9.17, 15) is 0 Å². The zero-order chi connectivity index (χ0) is 21.9. The average Bonchev–Trinajstić information content (AvgIpc) is 2.81. The van der Waals surface area contributed by atoms with E-state index in [0.29, 0.717) is 11.4 Å². The van der Waals surface area contributed by atoms with Crippen molar-refractivity contribution in [3.05, 3.63) is 131 Å². The zero-order valence-electron chi connectivity index (χ0n) is 17.1. The lowest BCUT2D eigenvalue weighted by atomic mass is 9.97. The molecule has 0 amide bonds. The number of hydrogen-bond acceptors (Lipinski definition) is 5. The summed E-state index contributed by atoms with van der Waals surface area (Å²) in [6.07, 6.45) is 0. The standard InChI is InChI=1S/C26H26N4S/c27-23-15-11-21(12-16-23)25(29,19-7-3-1-4-8-19)31-26(30,20-9-5-2-6-10-20)22-13-17-24(28)18-14-22/h1-18H,27-30H2. The third-order valence-corrected chi connectivity index (χ3v) is 6.99. The highest BCUT2D eigenvalue weighted by molar-refractivity contribution is 8.01. The van der Waals surface area contributed by atoms with Crippen molar-refractivity contribution in [3.8, 4) is 0 Å². The molecule has 0 radical (unpaired) electrons. The molecule has 0 saturated carbocycles. The van der Waals surface area contributed by atoms with Crippen LogP contribution in [0.15, 0.2) is 109 Å². The van der Waals surface area contributed by atoms with Gasteiger partial charge in [0.1, 0.15) is 9.74 Å². The molecule has 0 heterocycles. The van der Waals surface area contributed by atoms with E-state index in [4.69, 9.17) is 22.9 Å². The summed E-state index contributed by atoms with van der Waals surface area (Å²) in [5.41, 5.74) is 31.4. The maximum absolute atomic E-state index is 7.20. The van der Waals surface area contributed by atoms with Gasteiger partial charge < -0.3 is 22.9 Å². The van der Waals surface area contributed by atoms with Crippen molar-refractivity contribution in [1.29, 1.82) is 0 Å². The first-order valence-electron chi connectivity index (χ1n) is 10.0. The number of rotatable bonds is 6. The molecule has 4 aromatic rings. The molecule has 31 heavy (non-hydrogen) atoms. The summed E-state index contributed by atoms with van der Waals surface area (Å²) in [6, 6.07) is 35.3. The molecule has 0 spiro atoms. The summed E-state index contributed by atoms with van der Waals surface area (Å²) in [4.78, 5) is -1.86. The lowest BCUT2D eigenvalue weighted by molar-refractivity contribution is 0.728. The van der Waals surface area contributed by atoms with Crippen LogP contribution in [0.25, 0.3) is 0 Å². The number of nitrogens with two attached hydrogens (primary N) is 4. The van der Waals surface area contributed by atoms with E-state index < -0.39 is 9.74 Å². The predicted octanol–water partition coefficient (Wildman–Crippen LogP) is 4.60. The minimum absolute atomic E-state index is 0.685. The molecule has 156 valence electrons. The topological polar surface area (TPSA) is 104 Å². The van der Waals surface area contributed by atoms with Gasteiger partial charge in [-0.05, 0) is 46.5 Å². The second-order valence-electron chi connectivity index (χ2n) is 7.55. The molecule has 0 aliphatic rings. The summed E-state index contributed by atoms with van der Waals surface area (Å²) < 4.78 is 0. The van der Waals surface area contributed by atoms with Gasteiger partial charge in [-0.3, -0.25) is 0 Å². The number of nitrogen functional groups attached to an aromatic ring is 2. The van der Waals surface area contributed by atoms with Crippen molar-refractivity contribution in [3.63, 3.8) is 0 Å². The summed E-state index contributed by atoms with van der Waals surface area (Å²) in [7, 11) is 0. The highest BCUT2D eigenvalue weighted by Crippen LogP contribution is 2.50. The van der Waals surface area contributed by atoms with Crippen molar-refractivity contribution >= 4 is 23.1 Å². The Bertz CT molecular complexity index is 1040. The minimum atomic E-state index is -0.930. The smallest absolute Gasteiger partial charge is 0.116 e. The van der Waals surface area contributed by atoms with Crippen molar-refractivity contribution in [2.24, 2.45) is 11.5 Å². The van der Waals surface area contributed by atoms with E-state index in [2.05, 4.69) is 0 Å². The summed E-state index contributed by atoms with van der Waals surface area (Å²) >= 11 is 1.49. The Labute approximate surface area is 187 Å². The maximum atomic E-state index is 7.20. The Hall–Kier alpha value is -3.25. The highest BCUT2D eigenvalue weighted by Gasteiger charge is 2.42. The molecule has 0 saturated heterocycles. The van der Waals surface area contributed by atoms with E-state index >= 15 is 0 Å². The largest absolute Gasteiger partial charge is 0.399 e. The van der Waals surface area contributed by atoms with Crippen LogP contribution in [0, 0.1) is 0 Å². The SMILES string of the molecule is Nc1ccc(C(N)(SC(N)(c2ccccc2)c2ccc(N)cc2)c2ccccc2)cc1. The molecular formula is C26H26N4S. The first-order chi connectivity index (χ1) is 14.9. The van der Waals surface area contributed by atoms with Gasteiger partial charge in [-0.25, -0.2) is 0 Å². The van der Waals surface area contributed by atoms with Crippen molar-refractivity contribution in [1.82, 2.24) is 0 Å². The lowest BCUT2D eigenvalue weighted by Crippen LogP contribution is -2.44. The van der Waals surface area contributed by atoms with E-state index in [-0.39, 0.29) is 0 Å². The van der Waals surface area contributed by atoms with Crippen LogP contribution >= 0.6 is 11.8 Å². The van der Waals surface area contributed by atoms with Gasteiger partial charge in [0.05, 0.1) is 0 Å². The van der Waals surface area contributed by atoms with Crippen molar-refractivity contribution < 1.29 is 0 Å². The molecule has 0 aliphatic carbocycles. The van der Waals surface area contributed by atoms with Crippen LogP contribution in [0.3, 0.4) is 0 Å². The Morgan fingerprint density at radius 2 is 0.710 bits per heavy atom. The Balaban J connectivity index is 1.91. The fourth-order valence-corrected chi connectivity index (χ4v) is 5.18. The predicted molar refractivity (Wildman–Crippen MR) is 132 cm³/mol. The maximum Gasteiger partial charge on any atom is 0.116 e. The molecule has 0 aliphatic heterocycles. The zero-order valence-corrected chi connectivity index (χ0v) is 17.9. The first-order valence-corrected chi connectivity index (χ1v) is 10.8. The number of thioether (sulfide) groups is 1. The summed E-state index contributed by atoms with van der Waals surface area (Å²) in [5, 5.41) is 0. The first kappa shape index (κ1) is 21.0. The third kappa shape index (κ3) is 4.16. The van der Waals surface area contributed by atoms with Crippen LogP contribution < -0.4 is 22.9 Å². The van der Waals surface area contributed by atoms with E-state index in [1.54, 1.807) is 0 Å². The molecule has 0 bridgehead atoms. The molecule has 0 aromatic heterocycles. The van der Waals surface area contributed by atoms with Gasteiger partial charge in [0.15, 0.2) is 0 Å². The molecular weight excluding hydrogens is 400 g/mol. The van der Waals surface area contributed by atoms with Crippen LogP contribution in [0.1, 0.15) is 22.3 Å². The van der Waals surface area contributed by atoms with Gasteiger partial charge in [-0.15, -0.1) is 0 Å². The Morgan fingerprint density at radius 3 is 1.03 bits per heavy atom. The fourth-order valence-electron chi connectivity index (χ4n) is 3.66. The summed E-state index contributed by atoms with van der Waals surface area (Å²) in [5.74, 6) is 0. The molecule has 4 rings (SSSR count). The normalized spacial score (nSPS) is 15.0. The monoisotopic (exact) mass is 426 g/mol. The van der Waals surface area contributed by atoms with Crippen LogP contribution in [-0.2, 0) is 9.74 Å². The van der Waals surface area contributed by atoms with Crippen LogP contribution in [0.4, 0.5) is 11.4 Å². The fraction of sp³-hybridized carbons (Fsp3) is 0.0769. The van der Waals surface area contributed by atoms with Gasteiger partial charge in [0, 0.05) is 11.4 Å². The lowest BCUT2D eigenvalue weighted by Gasteiger charge is -2.40. The van der Waals surface area contributed by atoms with Crippen LogP contribution in [-0.4, -0.2) is 0 Å². The van der Waals surface area contributed by atoms with E-state index in [1.807, 2.05) is 109 Å². The minimum Gasteiger partial charge on any atom is -0.399 e. The Kier molecular flexibility index (Phi) is 5.74. The molecule has 8 N–H and O–H groups in total. The molecule has 4 aromatic carbocycles. The average molecular weight is 427 g/mol. The molecule has 5 heteroatoms. The highest BCUT2D eigenvalue weighted by atomic mass is 32.2. The van der Waals surface area contributed by atoms with Gasteiger partial charge in [0.25, 0.3) is 0 Å². The van der Waals surface area contributed by atoms with Gasteiger partial charge >= 0.3 is 0 Å². The van der Waals surface area contributed by atoms with Crippen molar-refractivity contribution in [2.75, 3.05) is 11.5 Å². The number of benzene rings is 4. The molecule has 4 nitrogen and oxygen atoms in total. The quantitative estimate of drug-likeness (QED) is 0.266. The second kappa shape index (κ2) is 8.47. The Morgan fingerprint density at radius 1 is 0.419 bits per heavy atom. The van der Waals surface area contributed by atoms with E-state index in [0.717, 1.165) is 22.3 Å².